The van der Waals surface area contributed by atoms with E-state index in [1.807, 2.05) is 10.6 Å². The smallest absolute Gasteiger partial charge is 0.226 e. The van der Waals surface area contributed by atoms with Gasteiger partial charge in [-0.15, -0.1) is 0 Å². The monoisotopic (exact) mass is 421 g/mol. The van der Waals surface area contributed by atoms with E-state index in [0.29, 0.717) is 35.7 Å². The van der Waals surface area contributed by atoms with Crippen molar-refractivity contribution in [3.8, 4) is 6.07 Å². The van der Waals surface area contributed by atoms with E-state index in [-0.39, 0.29) is 22.4 Å². The first-order chi connectivity index (χ1) is 14.6. The third-order valence-electron chi connectivity index (χ3n) is 5.43. The molecule has 5 rings (SSSR count). The Bertz CT molecular complexity index is 1380. The number of H-pyrrole nitrogens is 1. The average Bonchev–Trinajstić information content (AvgIpc) is 3.38. The summed E-state index contributed by atoms with van der Waals surface area (Å²) in [6.45, 7) is 1.20. The molecule has 0 amide bonds. The number of benzene rings is 1. The summed E-state index contributed by atoms with van der Waals surface area (Å²) < 4.78 is 34.6. The van der Waals surface area contributed by atoms with Crippen LogP contribution < -0.4 is 0 Å². The lowest BCUT2D eigenvalue weighted by Gasteiger charge is -2.25. The SMILES string of the molecule is N#CCc1nc2c(S(=O)(=O)c3ccccc3)nc3[nH]ccc3c2n1C1CCCOC1. The van der Waals surface area contributed by atoms with Crippen molar-refractivity contribution in [2.75, 3.05) is 13.2 Å². The number of fused-ring (bicyclic) bond motifs is 3. The number of aromatic amines is 1. The van der Waals surface area contributed by atoms with E-state index in [2.05, 4.69) is 21.0 Å². The second-order valence-electron chi connectivity index (χ2n) is 7.27. The predicted molar refractivity (Wildman–Crippen MR) is 110 cm³/mol. The van der Waals surface area contributed by atoms with Crippen LogP contribution >= 0.6 is 0 Å². The zero-order valence-corrected chi connectivity index (χ0v) is 16.9. The van der Waals surface area contributed by atoms with Crippen molar-refractivity contribution in [2.45, 2.75) is 35.2 Å². The highest BCUT2D eigenvalue weighted by Gasteiger charge is 2.30. The molecule has 1 saturated heterocycles. The Morgan fingerprint density at radius 1 is 1.23 bits per heavy atom. The fourth-order valence-corrected chi connectivity index (χ4v) is 5.45. The first kappa shape index (κ1) is 18.8. The van der Waals surface area contributed by atoms with E-state index in [9.17, 15) is 13.7 Å². The Balaban J connectivity index is 1.86. The van der Waals surface area contributed by atoms with Crippen molar-refractivity contribution in [3.63, 3.8) is 0 Å². The first-order valence-corrected chi connectivity index (χ1v) is 11.2. The minimum atomic E-state index is -3.91. The minimum absolute atomic E-state index is 0.0140. The van der Waals surface area contributed by atoms with Crippen LogP contribution in [0, 0.1) is 11.3 Å². The van der Waals surface area contributed by atoms with Crippen LogP contribution in [0.2, 0.25) is 0 Å². The second-order valence-corrected chi connectivity index (χ2v) is 9.14. The van der Waals surface area contributed by atoms with Crippen LogP contribution in [0.25, 0.3) is 22.1 Å². The molecule has 1 unspecified atom stereocenters. The molecule has 1 fully saturated rings. The van der Waals surface area contributed by atoms with Crippen molar-refractivity contribution in [1.82, 2.24) is 19.5 Å². The summed E-state index contributed by atoms with van der Waals surface area (Å²) in [6, 6.07) is 12.2. The van der Waals surface area contributed by atoms with Crippen molar-refractivity contribution < 1.29 is 13.2 Å². The van der Waals surface area contributed by atoms with Crippen LogP contribution in [0.3, 0.4) is 0 Å². The molecule has 0 aliphatic carbocycles. The van der Waals surface area contributed by atoms with Gasteiger partial charge in [0, 0.05) is 18.2 Å². The molecule has 8 nitrogen and oxygen atoms in total. The van der Waals surface area contributed by atoms with E-state index >= 15 is 0 Å². The predicted octanol–water partition coefficient (Wildman–Crippen LogP) is 3.16. The number of nitrogens with one attached hydrogen (secondary N) is 1. The summed E-state index contributed by atoms with van der Waals surface area (Å²) >= 11 is 0. The molecule has 1 aromatic carbocycles. The number of hydrogen-bond donors (Lipinski definition) is 1. The average molecular weight is 421 g/mol. The van der Waals surface area contributed by atoms with Crippen molar-refractivity contribution in [2.24, 2.45) is 0 Å². The second kappa shape index (κ2) is 7.23. The summed E-state index contributed by atoms with van der Waals surface area (Å²) in [4.78, 5) is 12.3. The van der Waals surface area contributed by atoms with Crippen LogP contribution in [-0.4, -0.2) is 41.2 Å². The van der Waals surface area contributed by atoms with E-state index in [0.717, 1.165) is 18.2 Å². The zero-order valence-electron chi connectivity index (χ0n) is 16.1. The minimum Gasteiger partial charge on any atom is -0.379 e. The van der Waals surface area contributed by atoms with Crippen molar-refractivity contribution >= 4 is 31.9 Å². The van der Waals surface area contributed by atoms with Gasteiger partial charge in [0.1, 0.15) is 17.0 Å². The number of nitrogens with zero attached hydrogens (tertiary/aromatic N) is 4. The Morgan fingerprint density at radius 3 is 2.80 bits per heavy atom. The number of imidazole rings is 1. The largest absolute Gasteiger partial charge is 0.379 e. The summed E-state index contributed by atoms with van der Waals surface area (Å²) in [7, 11) is -3.91. The molecule has 1 aliphatic rings. The maximum absolute atomic E-state index is 13.5. The summed E-state index contributed by atoms with van der Waals surface area (Å²) in [6.07, 6.45) is 3.57. The standard InChI is InChI=1S/C21H19N5O3S/c22-10-8-17-24-18-19(26(17)14-5-4-12-29-13-14)16-9-11-23-20(16)25-21(18)30(27,28)15-6-2-1-3-7-15/h1-3,6-7,9,11,14H,4-5,8,12-13H2,(H,23,25). The Hall–Kier alpha value is -3.22. The number of ether oxygens (including phenoxy) is 1. The number of aromatic nitrogens is 4. The fourth-order valence-electron chi connectivity index (χ4n) is 4.10. The van der Waals surface area contributed by atoms with E-state index < -0.39 is 9.84 Å². The number of pyridine rings is 1. The molecule has 3 aromatic heterocycles. The summed E-state index contributed by atoms with van der Waals surface area (Å²) in [5.74, 6) is 0.531. The lowest BCUT2D eigenvalue weighted by atomic mass is 10.1. The van der Waals surface area contributed by atoms with Gasteiger partial charge in [-0.05, 0) is 31.0 Å². The Kier molecular flexibility index (Phi) is 4.53. The molecule has 1 atom stereocenters. The van der Waals surface area contributed by atoms with Gasteiger partial charge in [0.15, 0.2) is 5.03 Å². The maximum Gasteiger partial charge on any atom is 0.226 e. The van der Waals surface area contributed by atoms with Crippen LogP contribution in [0.5, 0.6) is 0 Å². The Labute approximate surface area is 173 Å². The number of sulfone groups is 1. The highest BCUT2D eigenvalue weighted by atomic mass is 32.2. The molecule has 0 radical (unpaired) electrons. The van der Waals surface area contributed by atoms with Crippen molar-refractivity contribution in [3.05, 3.63) is 48.4 Å². The van der Waals surface area contributed by atoms with Gasteiger partial charge in [0.05, 0.1) is 35.6 Å². The topological polar surface area (TPSA) is 114 Å². The molecular weight excluding hydrogens is 402 g/mol. The van der Waals surface area contributed by atoms with Gasteiger partial charge in [-0.25, -0.2) is 18.4 Å². The molecule has 0 bridgehead atoms. The molecule has 4 heterocycles. The molecule has 1 aliphatic heterocycles. The summed E-state index contributed by atoms with van der Waals surface area (Å²) in [5.41, 5.74) is 1.44. The molecule has 0 spiro atoms. The van der Waals surface area contributed by atoms with Crippen LogP contribution in [0.15, 0.2) is 52.5 Å². The molecule has 9 heteroatoms. The van der Waals surface area contributed by atoms with Crippen LogP contribution in [-0.2, 0) is 21.0 Å². The van der Waals surface area contributed by atoms with E-state index in [1.54, 1.807) is 36.5 Å². The lowest BCUT2D eigenvalue weighted by Crippen LogP contribution is -2.22. The van der Waals surface area contributed by atoms with Gasteiger partial charge >= 0.3 is 0 Å². The van der Waals surface area contributed by atoms with Gasteiger partial charge in [-0.2, -0.15) is 5.26 Å². The third-order valence-corrected chi connectivity index (χ3v) is 7.11. The molecule has 152 valence electrons. The lowest BCUT2D eigenvalue weighted by molar-refractivity contribution is 0.0597. The van der Waals surface area contributed by atoms with Gasteiger partial charge < -0.3 is 14.3 Å². The summed E-state index contributed by atoms with van der Waals surface area (Å²) in [5, 5.41) is 10.0. The number of nitriles is 1. The van der Waals surface area contributed by atoms with Gasteiger partial charge in [-0.3, -0.25) is 0 Å². The van der Waals surface area contributed by atoms with Gasteiger partial charge in [0.25, 0.3) is 0 Å². The highest BCUT2D eigenvalue weighted by Crippen LogP contribution is 2.35. The number of hydrogen-bond acceptors (Lipinski definition) is 6. The molecule has 0 saturated carbocycles. The molecular formula is C21H19N5O3S. The molecule has 1 N–H and O–H groups in total. The quantitative estimate of drug-likeness (QED) is 0.541. The zero-order chi connectivity index (χ0) is 20.7. The number of rotatable bonds is 4. The Morgan fingerprint density at radius 2 is 2.07 bits per heavy atom. The highest BCUT2D eigenvalue weighted by molar-refractivity contribution is 7.91. The maximum atomic E-state index is 13.5. The fraction of sp³-hybridized carbons (Fsp3) is 0.286. The first-order valence-electron chi connectivity index (χ1n) is 9.74. The van der Waals surface area contributed by atoms with Crippen LogP contribution in [0.1, 0.15) is 24.7 Å². The van der Waals surface area contributed by atoms with Crippen molar-refractivity contribution in [1.29, 1.82) is 5.26 Å². The molecule has 4 aromatic rings. The van der Waals surface area contributed by atoms with E-state index in [1.165, 1.54) is 0 Å². The van der Waals surface area contributed by atoms with Gasteiger partial charge in [0.2, 0.25) is 9.84 Å². The van der Waals surface area contributed by atoms with E-state index in [4.69, 9.17) is 4.74 Å². The van der Waals surface area contributed by atoms with Gasteiger partial charge in [-0.1, -0.05) is 18.2 Å². The normalized spacial score (nSPS) is 17.4. The third kappa shape index (κ3) is 2.88. The van der Waals surface area contributed by atoms with Crippen LogP contribution in [0.4, 0.5) is 0 Å². The molecule has 30 heavy (non-hydrogen) atoms.